The van der Waals surface area contributed by atoms with E-state index in [9.17, 15) is 32.7 Å². The second-order valence-electron chi connectivity index (χ2n) is 10.8. The lowest BCUT2D eigenvalue weighted by Crippen LogP contribution is -2.42. The Morgan fingerprint density at radius 2 is 1.66 bits per heavy atom. The molecule has 7 atom stereocenters. The number of phenols is 1. The van der Waals surface area contributed by atoms with Gasteiger partial charge in [-0.15, -0.1) is 11.8 Å². The van der Waals surface area contributed by atoms with Gasteiger partial charge in [0.15, 0.2) is 11.5 Å². The summed E-state index contributed by atoms with van der Waals surface area (Å²) in [6.45, 7) is 0. The largest absolute Gasteiger partial charge is 0.502 e. The van der Waals surface area contributed by atoms with Crippen molar-refractivity contribution in [1.82, 2.24) is 4.98 Å². The fraction of sp³-hybridized carbons (Fsp3) is 0.393. The van der Waals surface area contributed by atoms with Crippen LogP contribution in [0.25, 0.3) is 0 Å². The number of aromatic nitrogens is 1. The Bertz CT molecular complexity index is 1640. The van der Waals surface area contributed by atoms with Crippen LogP contribution in [0.15, 0.2) is 46.2 Å². The topological polar surface area (TPSA) is 109 Å². The molecule has 2 N–H and O–H groups in total. The number of nitrogens with zero attached hydrogens (tertiary/aromatic N) is 1. The molecule has 8 nitrogen and oxygen atoms in total. The molecule has 2 amide bonds. The molecule has 2 aromatic carbocycles. The number of phenolic OH excluding ortho intramolecular Hbond substituents is 1. The van der Waals surface area contributed by atoms with E-state index in [-0.39, 0.29) is 56.7 Å². The van der Waals surface area contributed by atoms with E-state index >= 15 is 0 Å². The van der Waals surface area contributed by atoms with Gasteiger partial charge in [0.1, 0.15) is 0 Å². The summed E-state index contributed by atoms with van der Waals surface area (Å²) < 4.78 is 51.1. The van der Waals surface area contributed by atoms with Crippen molar-refractivity contribution in [2.24, 2.45) is 29.6 Å². The highest BCUT2D eigenvalue weighted by Crippen LogP contribution is 2.69. The number of imide groups is 1. The Kier molecular flexibility index (Phi) is 5.82. The van der Waals surface area contributed by atoms with Gasteiger partial charge in [-0.2, -0.15) is 13.2 Å². The summed E-state index contributed by atoms with van der Waals surface area (Å²) in [4.78, 5) is 44.5. The monoisotopic (exact) mass is 604 g/mol. The average molecular weight is 605 g/mol. The second-order valence-corrected chi connectivity index (χ2v) is 13.0. The number of carbonyl (C=O) groups excluding carboxylic acids is 2. The van der Waals surface area contributed by atoms with E-state index < -0.39 is 35.4 Å². The zero-order valence-electron chi connectivity index (χ0n) is 21.6. The number of hydrogen-bond donors (Lipinski definition) is 2. The zero-order valence-corrected chi connectivity index (χ0v) is 23.2. The Balaban J connectivity index is 1.32. The predicted molar refractivity (Wildman–Crippen MR) is 144 cm³/mol. The number of halogens is 3. The zero-order chi connectivity index (χ0) is 29.0. The van der Waals surface area contributed by atoms with E-state index in [1.165, 1.54) is 38.1 Å². The van der Waals surface area contributed by atoms with Crippen LogP contribution < -0.4 is 19.2 Å². The van der Waals surface area contributed by atoms with E-state index in [0.717, 1.165) is 38.8 Å². The van der Waals surface area contributed by atoms with Crippen LogP contribution >= 0.6 is 23.1 Å². The minimum Gasteiger partial charge on any atom is -0.502 e. The number of rotatable bonds is 4. The van der Waals surface area contributed by atoms with Crippen LogP contribution in [0.2, 0.25) is 0 Å². The number of fused-ring (bicyclic) bond motifs is 9. The summed E-state index contributed by atoms with van der Waals surface area (Å²) in [5, 5.41) is 11.1. The number of aromatic amines is 1. The third kappa shape index (κ3) is 3.70. The molecule has 2 aliphatic heterocycles. The lowest BCUT2D eigenvalue weighted by atomic mass is 9.68. The standard InChI is InChI=1S/C28H23F3N2O6S2/c1-38-15-6-10(7-16(39-2)21(15)34)17-18-13-9-14(22(18)40-24-23(17)41-27(37)32-24)20-19(13)25(35)33(26(20)36)12-5-3-4-11(8-12)28(29,30)31/h3-8,13-14,17-20,22,34H,9H2,1-2H3,(H,32,37)/t13-,14-,17?,18?,19?,20?,22?/m1/s1. The third-order valence-electron chi connectivity index (χ3n) is 9.02. The molecule has 2 aliphatic carbocycles. The van der Waals surface area contributed by atoms with Gasteiger partial charge in [-0.3, -0.25) is 19.3 Å². The van der Waals surface area contributed by atoms with Crippen molar-refractivity contribution < 1.29 is 37.3 Å². The summed E-state index contributed by atoms with van der Waals surface area (Å²) in [5.41, 5.74) is -0.269. The number of hydrogen-bond acceptors (Lipinski definition) is 8. The molecular formula is C28H23F3N2O6S2. The highest BCUT2D eigenvalue weighted by atomic mass is 32.2. The lowest BCUT2D eigenvalue weighted by Gasteiger charge is -2.43. The van der Waals surface area contributed by atoms with Gasteiger partial charge < -0.3 is 19.6 Å². The molecule has 2 bridgehead atoms. The molecule has 1 aromatic heterocycles. The van der Waals surface area contributed by atoms with Crippen molar-refractivity contribution in [3.8, 4) is 17.2 Å². The third-order valence-corrected chi connectivity index (χ3v) is 11.6. The second kappa shape index (κ2) is 9.02. The fourth-order valence-electron chi connectivity index (χ4n) is 7.56. The van der Waals surface area contributed by atoms with Gasteiger partial charge in [-0.05, 0) is 60.1 Å². The minimum atomic E-state index is -4.61. The Morgan fingerprint density at radius 1 is 1.00 bits per heavy atom. The van der Waals surface area contributed by atoms with Crippen molar-refractivity contribution in [3.05, 3.63) is 62.1 Å². The number of amides is 2. The van der Waals surface area contributed by atoms with Crippen LogP contribution in [-0.4, -0.2) is 41.4 Å². The van der Waals surface area contributed by atoms with Gasteiger partial charge in [0, 0.05) is 16.0 Å². The number of methoxy groups -OCH3 is 2. The first-order chi connectivity index (χ1) is 19.5. The van der Waals surface area contributed by atoms with Gasteiger partial charge in [-0.25, -0.2) is 0 Å². The maximum absolute atomic E-state index is 13.9. The first kappa shape index (κ1) is 26.4. The summed E-state index contributed by atoms with van der Waals surface area (Å²) in [6.07, 6.45) is -4.00. The molecule has 13 heteroatoms. The fourth-order valence-corrected chi connectivity index (χ4v) is 10.4. The summed E-state index contributed by atoms with van der Waals surface area (Å²) in [6, 6.07) is 7.71. The predicted octanol–water partition coefficient (Wildman–Crippen LogP) is 4.86. The van der Waals surface area contributed by atoms with Crippen LogP contribution in [-0.2, 0) is 15.8 Å². The minimum absolute atomic E-state index is 0.0766. The molecule has 5 unspecified atom stereocenters. The van der Waals surface area contributed by atoms with E-state index in [1.807, 2.05) is 0 Å². The van der Waals surface area contributed by atoms with Crippen molar-refractivity contribution in [3.63, 3.8) is 0 Å². The average Bonchev–Trinajstić information content (AvgIpc) is 3.67. The summed E-state index contributed by atoms with van der Waals surface area (Å²) in [5.74, 6) is -3.00. The number of nitrogens with one attached hydrogen (secondary N) is 1. The molecule has 0 radical (unpaired) electrons. The highest BCUT2D eigenvalue weighted by molar-refractivity contribution is 8.00. The molecular weight excluding hydrogens is 581 g/mol. The normalized spacial score (nSPS) is 29.9. The Labute approximate surface area is 239 Å². The smallest absolute Gasteiger partial charge is 0.416 e. The molecule has 3 heterocycles. The maximum atomic E-state index is 13.9. The Morgan fingerprint density at radius 3 is 2.29 bits per heavy atom. The van der Waals surface area contributed by atoms with Crippen LogP contribution in [0.5, 0.6) is 17.2 Å². The number of alkyl halides is 3. The molecule has 41 heavy (non-hydrogen) atoms. The first-order valence-electron chi connectivity index (χ1n) is 12.9. The molecule has 1 saturated heterocycles. The van der Waals surface area contributed by atoms with Crippen LogP contribution in [0, 0.1) is 29.6 Å². The highest BCUT2D eigenvalue weighted by Gasteiger charge is 2.69. The van der Waals surface area contributed by atoms with E-state index in [4.69, 9.17) is 9.47 Å². The van der Waals surface area contributed by atoms with E-state index in [2.05, 4.69) is 4.98 Å². The van der Waals surface area contributed by atoms with Gasteiger partial charge in [0.05, 0.1) is 42.3 Å². The van der Waals surface area contributed by atoms with Gasteiger partial charge in [-0.1, -0.05) is 17.4 Å². The molecule has 0 spiro atoms. The first-order valence-corrected chi connectivity index (χ1v) is 14.6. The number of benzene rings is 2. The van der Waals surface area contributed by atoms with Gasteiger partial charge >= 0.3 is 11.0 Å². The number of thiazole rings is 1. The van der Waals surface area contributed by atoms with E-state index in [1.54, 1.807) is 12.1 Å². The number of H-pyrrole nitrogens is 1. The summed E-state index contributed by atoms with van der Waals surface area (Å²) in [7, 11) is 2.84. The number of anilines is 1. The van der Waals surface area contributed by atoms with E-state index in [0.29, 0.717) is 11.4 Å². The molecule has 7 rings (SSSR count). The molecule has 3 aromatic rings. The number of aromatic hydroxyl groups is 1. The maximum Gasteiger partial charge on any atom is 0.416 e. The Hall–Kier alpha value is -3.45. The summed E-state index contributed by atoms with van der Waals surface area (Å²) >= 11 is 2.58. The van der Waals surface area contributed by atoms with Crippen molar-refractivity contribution in [2.45, 2.75) is 28.8 Å². The van der Waals surface area contributed by atoms with Crippen molar-refractivity contribution in [1.29, 1.82) is 0 Å². The SMILES string of the molecule is COc1cc(C2c3sc(=O)[nH]c3SC3C2[C@H]2C[C@@H]3C3C(=O)N(c4cccc(C(F)(F)F)c4)C(=O)C32)cc(OC)c1O. The molecule has 4 aliphatic rings. The quantitative estimate of drug-likeness (QED) is 0.410. The molecule has 2 saturated carbocycles. The molecule has 3 fully saturated rings. The van der Waals surface area contributed by atoms with Gasteiger partial charge in [0.25, 0.3) is 0 Å². The lowest BCUT2D eigenvalue weighted by molar-refractivity contribution is -0.137. The number of carbonyl (C=O) groups is 2. The molecule has 214 valence electrons. The van der Waals surface area contributed by atoms with Crippen LogP contribution in [0.3, 0.4) is 0 Å². The van der Waals surface area contributed by atoms with Crippen LogP contribution in [0.1, 0.15) is 28.3 Å². The van der Waals surface area contributed by atoms with Crippen molar-refractivity contribution in [2.75, 3.05) is 19.1 Å². The van der Waals surface area contributed by atoms with Crippen molar-refractivity contribution >= 4 is 40.6 Å². The number of thioether (sulfide) groups is 1. The van der Waals surface area contributed by atoms with Gasteiger partial charge in [0.2, 0.25) is 17.6 Å². The number of ether oxygens (including phenoxy) is 2. The van der Waals surface area contributed by atoms with Crippen LogP contribution in [0.4, 0.5) is 18.9 Å².